The van der Waals surface area contributed by atoms with Crippen molar-refractivity contribution in [1.29, 1.82) is 0 Å². The Labute approximate surface area is 160 Å². The first-order valence-electron chi connectivity index (χ1n) is 8.57. The molecule has 0 radical (unpaired) electrons. The van der Waals surface area contributed by atoms with Crippen LogP contribution in [0.5, 0.6) is 5.75 Å². The SMILES string of the molecule is C=C(C)CSc1nc2sc3c(c2c(=O)n1-c1ccc(OC)cc1)CCC3. The minimum Gasteiger partial charge on any atom is -0.497 e. The Morgan fingerprint density at radius 3 is 2.81 bits per heavy atom. The number of hydrogen-bond donors (Lipinski definition) is 0. The van der Waals surface area contributed by atoms with E-state index in [1.165, 1.54) is 10.4 Å². The van der Waals surface area contributed by atoms with Gasteiger partial charge in [0.1, 0.15) is 10.6 Å². The van der Waals surface area contributed by atoms with Gasteiger partial charge in [-0.15, -0.1) is 11.3 Å². The molecule has 0 aliphatic heterocycles. The van der Waals surface area contributed by atoms with Gasteiger partial charge in [-0.3, -0.25) is 9.36 Å². The first-order chi connectivity index (χ1) is 12.6. The summed E-state index contributed by atoms with van der Waals surface area (Å²) in [7, 11) is 1.64. The van der Waals surface area contributed by atoms with Crippen LogP contribution in [0.3, 0.4) is 0 Å². The Morgan fingerprint density at radius 2 is 2.12 bits per heavy atom. The Morgan fingerprint density at radius 1 is 1.35 bits per heavy atom. The molecule has 4 rings (SSSR count). The summed E-state index contributed by atoms with van der Waals surface area (Å²) in [6.45, 7) is 5.96. The maximum absolute atomic E-state index is 13.4. The van der Waals surface area contributed by atoms with Crippen molar-refractivity contribution in [2.75, 3.05) is 12.9 Å². The molecule has 0 spiro atoms. The van der Waals surface area contributed by atoms with E-state index in [4.69, 9.17) is 9.72 Å². The van der Waals surface area contributed by atoms with E-state index in [0.717, 1.165) is 57.4 Å². The summed E-state index contributed by atoms with van der Waals surface area (Å²) in [6, 6.07) is 7.56. The van der Waals surface area contributed by atoms with Crippen LogP contribution in [0.4, 0.5) is 0 Å². The van der Waals surface area contributed by atoms with Gasteiger partial charge >= 0.3 is 0 Å². The van der Waals surface area contributed by atoms with Crippen molar-refractivity contribution in [3.05, 3.63) is 57.2 Å². The number of fused-ring (bicyclic) bond motifs is 3. The summed E-state index contributed by atoms with van der Waals surface area (Å²) in [5, 5.41) is 1.52. The van der Waals surface area contributed by atoms with Crippen LogP contribution < -0.4 is 10.3 Å². The summed E-state index contributed by atoms with van der Waals surface area (Å²) in [6.07, 6.45) is 3.17. The highest BCUT2D eigenvalue weighted by Crippen LogP contribution is 2.36. The van der Waals surface area contributed by atoms with Crippen molar-refractivity contribution < 1.29 is 4.74 Å². The third kappa shape index (κ3) is 2.97. The zero-order valence-electron chi connectivity index (χ0n) is 14.9. The van der Waals surface area contributed by atoms with Gasteiger partial charge in [-0.1, -0.05) is 23.9 Å². The quantitative estimate of drug-likeness (QED) is 0.366. The molecule has 0 N–H and O–H groups in total. The lowest BCUT2D eigenvalue weighted by molar-refractivity contribution is 0.414. The highest BCUT2D eigenvalue weighted by Gasteiger charge is 2.23. The van der Waals surface area contributed by atoms with Crippen LogP contribution in [0.15, 0.2) is 46.4 Å². The molecule has 1 aromatic carbocycles. The number of nitrogens with zero attached hydrogens (tertiary/aromatic N) is 2. The van der Waals surface area contributed by atoms with Gasteiger partial charge in [0.15, 0.2) is 5.16 Å². The number of benzene rings is 1. The average molecular weight is 385 g/mol. The molecular weight excluding hydrogens is 364 g/mol. The van der Waals surface area contributed by atoms with E-state index in [0.29, 0.717) is 0 Å². The fourth-order valence-corrected chi connectivity index (χ4v) is 5.43. The molecule has 0 saturated carbocycles. The molecule has 1 aliphatic carbocycles. The first-order valence-corrected chi connectivity index (χ1v) is 10.4. The largest absolute Gasteiger partial charge is 0.497 e. The van der Waals surface area contributed by atoms with Crippen molar-refractivity contribution >= 4 is 33.3 Å². The maximum atomic E-state index is 13.4. The van der Waals surface area contributed by atoms with Crippen molar-refractivity contribution in [3.63, 3.8) is 0 Å². The molecule has 6 heteroatoms. The number of aryl methyl sites for hydroxylation is 2. The van der Waals surface area contributed by atoms with Crippen LogP contribution in [0, 0.1) is 0 Å². The average Bonchev–Trinajstić information content (AvgIpc) is 3.20. The third-order valence-corrected chi connectivity index (χ3v) is 6.84. The van der Waals surface area contributed by atoms with Gasteiger partial charge in [0, 0.05) is 10.6 Å². The zero-order chi connectivity index (χ0) is 18.3. The molecule has 2 heterocycles. The fraction of sp³-hybridized carbons (Fsp3) is 0.300. The van der Waals surface area contributed by atoms with Crippen LogP contribution in [0.25, 0.3) is 15.9 Å². The topological polar surface area (TPSA) is 44.1 Å². The van der Waals surface area contributed by atoms with E-state index in [2.05, 4.69) is 6.58 Å². The molecule has 0 unspecified atom stereocenters. The van der Waals surface area contributed by atoms with Crippen molar-refractivity contribution in [2.24, 2.45) is 0 Å². The minimum atomic E-state index is 0.0313. The zero-order valence-corrected chi connectivity index (χ0v) is 16.5. The fourth-order valence-electron chi connectivity index (χ4n) is 3.27. The summed E-state index contributed by atoms with van der Waals surface area (Å²) in [5.41, 5.74) is 3.11. The molecule has 4 nitrogen and oxygen atoms in total. The van der Waals surface area contributed by atoms with Crippen molar-refractivity contribution in [2.45, 2.75) is 31.3 Å². The van der Waals surface area contributed by atoms with E-state index in [9.17, 15) is 4.79 Å². The molecule has 1 aliphatic rings. The summed E-state index contributed by atoms with van der Waals surface area (Å²) < 4.78 is 6.98. The van der Waals surface area contributed by atoms with E-state index in [1.54, 1.807) is 34.8 Å². The number of methoxy groups -OCH3 is 1. The van der Waals surface area contributed by atoms with Gasteiger partial charge in [-0.05, 0) is 56.0 Å². The van der Waals surface area contributed by atoms with Crippen LogP contribution in [0.2, 0.25) is 0 Å². The monoisotopic (exact) mass is 384 g/mol. The molecule has 0 bridgehead atoms. The molecule has 2 aromatic heterocycles. The van der Waals surface area contributed by atoms with E-state index < -0.39 is 0 Å². The molecule has 0 saturated heterocycles. The minimum absolute atomic E-state index is 0.0313. The number of thiophene rings is 1. The smallest absolute Gasteiger partial charge is 0.267 e. The first kappa shape index (κ1) is 17.4. The standard InChI is InChI=1S/C20H20N2O2S2/c1-12(2)11-25-20-21-18-17(15-5-4-6-16(15)26-18)19(23)22(20)13-7-9-14(24-3)10-8-13/h7-10H,1,4-6,11H2,2-3H3. The predicted molar refractivity (Wildman–Crippen MR) is 109 cm³/mol. The lowest BCUT2D eigenvalue weighted by atomic mass is 10.2. The van der Waals surface area contributed by atoms with E-state index in [1.807, 2.05) is 31.2 Å². The molecule has 0 atom stereocenters. The van der Waals surface area contributed by atoms with Crippen LogP contribution in [-0.2, 0) is 12.8 Å². The van der Waals surface area contributed by atoms with Crippen LogP contribution in [0.1, 0.15) is 23.8 Å². The summed E-state index contributed by atoms with van der Waals surface area (Å²) >= 11 is 3.24. The normalized spacial score (nSPS) is 13.2. The maximum Gasteiger partial charge on any atom is 0.267 e. The Hall–Kier alpha value is -2.05. The Balaban J connectivity index is 1.94. The molecule has 0 amide bonds. The number of hydrogen-bond acceptors (Lipinski definition) is 5. The number of aromatic nitrogens is 2. The van der Waals surface area contributed by atoms with Gasteiger partial charge in [0.05, 0.1) is 18.2 Å². The predicted octanol–water partition coefficient (Wildman–Crippen LogP) is 4.61. The van der Waals surface area contributed by atoms with Gasteiger partial charge in [-0.2, -0.15) is 0 Å². The van der Waals surface area contributed by atoms with Crippen LogP contribution in [-0.4, -0.2) is 22.4 Å². The highest BCUT2D eigenvalue weighted by atomic mass is 32.2. The molecular formula is C20H20N2O2S2. The second kappa shape index (κ2) is 6.93. The summed E-state index contributed by atoms with van der Waals surface area (Å²) in [5.74, 6) is 1.50. The molecule has 3 aromatic rings. The highest BCUT2D eigenvalue weighted by molar-refractivity contribution is 7.99. The second-order valence-corrected chi connectivity index (χ2v) is 8.54. The summed E-state index contributed by atoms with van der Waals surface area (Å²) in [4.78, 5) is 20.5. The van der Waals surface area contributed by atoms with Gasteiger partial charge < -0.3 is 4.74 Å². The molecule has 134 valence electrons. The Bertz CT molecular complexity index is 1050. The van der Waals surface area contributed by atoms with E-state index in [-0.39, 0.29) is 5.56 Å². The lowest BCUT2D eigenvalue weighted by Gasteiger charge is -2.13. The lowest BCUT2D eigenvalue weighted by Crippen LogP contribution is -2.22. The number of ether oxygens (including phenoxy) is 1. The van der Waals surface area contributed by atoms with Gasteiger partial charge in [-0.25, -0.2) is 4.98 Å². The number of thioether (sulfide) groups is 1. The van der Waals surface area contributed by atoms with Crippen LogP contribution >= 0.6 is 23.1 Å². The molecule has 26 heavy (non-hydrogen) atoms. The number of rotatable bonds is 5. The molecule has 0 fully saturated rings. The third-order valence-electron chi connectivity index (χ3n) is 4.49. The van der Waals surface area contributed by atoms with Crippen molar-refractivity contribution in [3.8, 4) is 11.4 Å². The second-order valence-electron chi connectivity index (χ2n) is 6.52. The van der Waals surface area contributed by atoms with Crippen molar-refractivity contribution in [1.82, 2.24) is 9.55 Å². The van der Waals surface area contributed by atoms with Gasteiger partial charge in [0.25, 0.3) is 5.56 Å². The van der Waals surface area contributed by atoms with E-state index >= 15 is 0 Å². The Kier molecular flexibility index (Phi) is 4.63. The van der Waals surface area contributed by atoms with Gasteiger partial charge in [0.2, 0.25) is 0 Å².